The minimum Gasteiger partial charge on any atom is -0.381 e. The topological polar surface area (TPSA) is 104 Å². The molecule has 102 valence electrons. The fourth-order valence-corrected chi connectivity index (χ4v) is 2.15. The molecule has 19 heavy (non-hydrogen) atoms. The molecule has 0 fully saturated rings. The molecule has 2 rings (SSSR count). The average Bonchev–Trinajstić information content (AvgIpc) is 2.43. The molecule has 1 heterocycles. The highest BCUT2D eigenvalue weighted by atomic mass is 16.3. The molecule has 2 amide bonds. The zero-order valence-electron chi connectivity index (χ0n) is 10.4. The Morgan fingerprint density at radius 2 is 2.21 bits per heavy atom. The first-order chi connectivity index (χ1) is 9.09. The molecule has 2 atom stereocenters. The molecule has 0 aromatic heterocycles. The van der Waals surface area contributed by atoms with E-state index in [2.05, 4.69) is 10.6 Å². The number of carbonyl (C=O) groups is 2. The van der Waals surface area contributed by atoms with Crippen molar-refractivity contribution >= 4 is 11.8 Å². The maximum absolute atomic E-state index is 12.1. The van der Waals surface area contributed by atoms with Crippen LogP contribution in [0.15, 0.2) is 24.3 Å². The van der Waals surface area contributed by atoms with Crippen LogP contribution in [0, 0.1) is 0 Å². The summed E-state index contributed by atoms with van der Waals surface area (Å²) in [5, 5.41) is 15.0. The van der Waals surface area contributed by atoms with Gasteiger partial charge in [0, 0.05) is 13.1 Å². The molecule has 0 aliphatic carbocycles. The van der Waals surface area contributed by atoms with Crippen LogP contribution in [0.4, 0.5) is 0 Å². The summed E-state index contributed by atoms with van der Waals surface area (Å²) in [5.41, 5.74) is 6.99. The Labute approximate surface area is 111 Å². The SMILES string of the molecule is NC(=O)C(O)CNC(=O)C1CNCc2ccccc21. The highest BCUT2D eigenvalue weighted by Gasteiger charge is 2.26. The van der Waals surface area contributed by atoms with Crippen LogP contribution in [-0.2, 0) is 16.1 Å². The summed E-state index contributed by atoms with van der Waals surface area (Å²) in [6, 6.07) is 7.71. The van der Waals surface area contributed by atoms with E-state index in [1.165, 1.54) is 0 Å². The van der Waals surface area contributed by atoms with Gasteiger partial charge in [0.25, 0.3) is 0 Å². The molecule has 0 bridgehead atoms. The van der Waals surface area contributed by atoms with E-state index >= 15 is 0 Å². The van der Waals surface area contributed by atoms with Crippen molar-refractivity contribution in [2.75, 3.05) is 13.1 Å². The molecule has 0 saturated carbocycles. The van der Waals surface area contributed by atoms with Gasteiger partial charge in [0.15, 0.2) is 0 Å². The molecule has 0 radical (unpaired) electrons. The van der Waals surface area contributed by atoms with E-state index in [0.29, 0.717) is 6.54 Å². The molecule has 1 aromatic carbocycles. The van der Waals surface area contributed by atoms with Crippen LogP contribution in [0.1, 0.15) is 17.0 Å². The fraction of sp³-hybridized carbons (Fsp3) is 0.385. The fourth-order valence-electron chi connectivity index (χ4n) is 2.15. The predicted molar refractivity (Wildman–Crippen MR) is 69.1 cm³/mol. The van der Waals surface area contributed by atoms with Crippen LogP contribution in [0.5, 0.6) is 0 Å². The standard InChI is InChI=1S/C13H17N3O3/c14-12(18)11(17)7-16-13(19)10-6-15-5-8-3-1-2-4-9(8)10/h1-4,10-11,15,17H,5-7H2,(H2,14,18)(H,16,19). The summed E-state index contributed by atoms with van der Waals surface area (Å²) in [4.78, 5) is 22.8. The summed E-state index contributed by atoms with van der Waals surface area (Å²) in [7, 11) is 0. The van der Waals surface area contributed by atoms with E-state index in [-0.39, 0.29) is 18.4 Å². The van der Waals surface area contributed by atoms with E-state index in [0.717, 1.165) is 17.7 Å². The van der Waals surface area contributed by atoms with Gasteiger partial charge in [-0.1, -0.05) is 24.3 Å². The van der Waals surface area contributed by atoms with E-state index in [4.69, 9.17) is 5.73 Å². The van der Waals surface area contributed by atoms with Crippen molar-refractivity contribution < 1.29 is 14.7 Å². The minimum atomic E-state index is -1.35. The van der Waals surface area contributed by atoms with Crippen LogP contribution < -0.4 is 16.4 Å². The van der Waals surface area contributed by atoms with Crippen LogP contribution >= 0.6 is 0 Å². The molecule has 1 aromatic rings. The summed E-state index contributed by atoms with van der Waals surface area (Å²) >= 11 is 0. The van der Waals surface area contributed by atoms with Gasteiger partial charge in [0.05, 0.1) is 12.5 Å². The largest absolute Gasteiger partial charge is 0.381 e. The van der Waals surface area contributed by atoms with Gasteiger partial charge in [-0.05, 0) is 11.1 Å². The van der Waals surface area contributed by atoms with Crippen molar-refractivity contribution in [2.24, 2.45) is 5.73 Å². The third-order valence-corrected chi connectivity index (χ3v) is 3.21. The third-order valence-electron chi connectivity index (χ3n) is 3.21. The smallest absolute Gasteiger partial charge is 0.248 e. The Morgan fingerprint density at radius 3 is 2.95 bits per heavy atom. The first-order valence-electron chi connectivity index (χ1n) is 6.13. The summed E-state index contributed by atoms with van der Waals surface area (Å²) in [6.45, 7) is 1.12. The van der Waals surface area contributed by atoms with Gasteiger partial charge in [-0.15, -0.1) is 0 Å². The number of benzene rings is 1. The molecular formula is C13H17N3O3. The Kier molecular flexibility index (Phi) is 4.13. The lowest BCUT2D eigenvalue weighted by Gasteiger charge is -2.25. The maximum Gasteiger partial charge on any atom is 0.248 e. The van der Waals surface area contributed by atoms with Gasteiger partial charge < -0.3 is 21.5 Å². The third kappa shape index (κ3) is 3.10. The summed E-state index contributed by atoms with van der Waals surface area (Å²) in [6.07, 6.45) is -1.35. The monoisotopic (exact) mass is 263 g/mol. The molecular weight excluding hydrogens is 246 g/mol. The van der Waals surface area contributed by atoms with Gasteiger partial charge >= 0.3 is 0 Å². The molecule has 6 heteroatoms. The quantitative estimate of drug-likeness (QED) is 0.549. The van der Waals surface area contributed by atoms with Crippen LogP contribution in [0.2, 0.25) is 0 Å². The number of rotatable bonds is 4. The second kappa shape index (κ2) is 5.81. The normalized spacial score (nSPS) is 19.3. The van der Waals surface area contributed by atoms with Crippen molar-refractivity contribution in [3.05, 3.63) is 35.4 Å². The molecule has 6 nitrogen and oxygen atoms in total. The minimum absolute atomic E-state index is 0.160. The lowest BCUT2D eigenvalue weighted by Crippen LogP contribution is -2.44. The molecule has 1 aliphatic heterocycles. The number of amides is 2. The van der Waals surface area contributed by atoms with Gasteiger partial charge in [-0.2, -0.15) is 0 Å². The number of hydrogen-bond donors (Lipinski definition) is 4. The van der Waals surface area contributed by atoms with Crippen molar-refractivity contribution in [3.63, 3.8) is 0 Å². The van der Waals surface area contributed by atoms with E-state index in [1.54, 1.807) is 0 Å². The summed E-state index contributed by atoms with van der Waals surface area (Å²) in [5.74, 6) is -1.38. The Balaban J connectivity index is 2.03. The first kappa shape index (κ1) is 13.5. The Morgan fingerprint density at radius 1 is 1.47 bits per heavy atom. The second-order valence-electron chi connectivity index (χ2n) is 4.55. The molecule has 0 spiro atoms. The summed E-state index contributed by atoms with van der Waals surface area (Å²) < 4.78 is 0. The predicted octanol–water partition coefficient (Wildman–Crippen LogP) is -1.16. The number of aliphatic hydroxyl groups is 1. The first-order valence-corrected chi connectivity index (χ1v) is 6.13. The van der Waals surface area contributed by atoms with Crippen molar-refractivity contribution in [1.29, 1.82) is 0 Å². The lowest BCUT2D eigenvalue weighted by molar-refractivity contribution is -0.127. The highest BCUT2D eigenvalue weighted by molar-refractivity contribution is 5.86. The van der Waals surface area contributed by atoms with E-state index in [1.807, 2.05) is 24.3 Å². The van der Waals surface area contributed by atoms with Crippen LogP contribution in [-0.4, -0.2) is 36.1 Å². The zero-order valence-corrected chi connectivity index (χ0v) is 10.4. The van der Waals surface area contributed by atoms with Gasteiger partial charge in [-0.25, -0.2) is 0 Å². The van der Waals surface area contributed by atoms with Crippen molar-refractivity contribution in [1.82, 2.24) is 10.6 Å². The highest BCUT2D eigenvalue weighted by Crippen LogP contribution is 2.23. The van der Waals surface area contributed by atoms with Gasteiger partial charge in [0.2, 0.25) is 11.8 Å². The van der Waals surface area contributed by atoms with Gasteiger partial charge in [-0.3, -0.25) is 9.59 Å². The van der Waals surface area contributed by atoms with Crippen LogP contribution in [0.3, 0.4) is 0 Å². The number of primary amides is 1. The van der Waals surface area contributed by atoms with Crippen molar-refractivity contribution in [3.8, 4) is 0 Å². The van der Waals surface area contributed by atoms with Gasteiger partial charge in [0.1, 0.15) is 6.10 Å². The Hall–Kier alpha value is -1.92. The zero-order chi connectivity index (χ0) is 13.8. The van der Waals surface area contributed by atoms with E-state index < -0.39 is 12.0 Å². The number of carbonyl (C=O) groups excluding carboxylic acids is 2. The molecule has 2 unspecified atom stereocenters. The maximum atomic E-state index is 12.1. The number of fused-ring (bicyclic) bond motifs is 1. The van der Waals surface area contributed by atoms with E-state index in [9.17, 15) is 14.7 Å². The second-order valence-corrected chi connectivity index (χ2v) is 4.55. The number of nitrogens with two attached hydrogens (primary N) is 1. The number of hydrogen-bond acceptors (Lipinski definition) is 4. The Bertz CT molecular complexity index is 490. The van der Waals surface area contributed by atoms with Crippen LogP contribution in [0.25, 0.3) is 0 Å². The average molecular weight is 263 g/mol. The molecule has 1 aliphatic rings. The molecule has 5 N–H and O–H groups in total. The molecule has 0 saturated heterocycles. The number of nitrogens with one attached hydrogen (secondary N) is 2. The number of aliphatic hydroxyl groups excluding tert-OH is 1. The lowest BCUT2D eigenvalue weighted by atomic mass is 9.90. The van der Waals surface area contributed by atoms with Crippen molar-refractivity contribution in [2.45, 2.75) is 18.6 Å².